The zero-order valence-electron chi connectivity index (χ0n) is 11.7. The smallest absolute Gasteiger partial charge is 0.234 e. The van der Waals surface area contributed by atoms with Crippen molar-refractivity contribution in [2.24, 2.45) is 5.92 Å². The number of aromatic nitrogens is 2. The van der Waals surface area contributed by atoms with Gasteiger partial charge in [0.2, 0.25) is 5.89 Å². The van der Waals surface area contributed by atoms with Crippen molar-refractivity contribution in [2.45, 2.75) is 50.5 Å². The van der Waals surface area contributed by atoms with Crippen LogP contribution in [0.15, 0.2) is 4.52 Å². The van der Waals surface area contributed by atoms with Crippen molar-refractivity contribution in [3.05, 3.63) is 11.7 Å². The van der Waals surface area contributed by atoms with Crippen molar-refractivity contribution in [3.63, 3.8) is 0 Å². The Morgan fingerprint density at radius 3 is 2.72 bits per heavy atom. The molecule has 2 rings (SSSR count). The van der Waals surface area contributed by atoms with Crippen LogP contribution in [0.5, 0.6) is 0 Å². The van der Waals surface area contributed by atoms with Gasteiger partial charge in [0.25, 0.3) is 0 Å². The van der Waals surface area contributed by atoms with Gasteiger partial charge in [0.1, 0.15) is 0 Å². The molecule has 0 spiro atoms. The molecule has 1 unspecified atom stereocenters. The molecule has 1 N–H and O–H groups in total. The minimum atomic E-state index is 0.0355. The lowest BCUT2D eigenvalue weighted by Crippen LogP contribution is -2.35. The number of hydrogen-bond donors (Lipinski definition) is 1. The van der Waals surface area contributed by atoms with Crippen LogP contribution in [0.25, 0.3) is 0 Å². The summed E-state index contributed by atoms with van der Waals surface area (Å²) in [7, 11) is 0. The summed E-state index contributed by atoms with van der Waals surface area (Å²) >= 11 is 1.85. The number of nitrogens with one attached hydrogen (secondary N) is 1. The SMILES string of the molecule is CC(C)SCc1noc(C2(C(C)C)CCNC2)n1. The average molecular weight is 269 g/mol. The van der Waals surface area contributed by atoms with Gasteiger partial charge in [0.05, 0.1) is 11.2 Å². The summed E-state index contributed by atoms with van der Waals surface area (Å²) < 4.78 is 5.53. The van der Waals surface area contributed by atoms with E-state index in [9.17, 15) is 0 Å². The van der Waals surface area contributed by atoms with Crippen LogP contribution >= 0.6 is 11.8 Å². The maximum Gasteiger partial charge on any atom is 0.234 e. The second-order valence-electron chi connectivity index (χ2n) is 5.61. The van der Waals surface area contributed by atoms with Crippen molar-refractivity contribution < 1.29 is 4.52 Å². The predicted octanol–water partition coefficient (Wildman–Crippen LogP) is 2.60. The standard InChI is InChI=1S/C13H23N3OS/c1-9(2)13(5-6-14-8-13)12-15-11(16-17-12)7-18-10(3)4/h9-10,14H,5-8H2,1-4H3. The third-order valence-electron chi connectivity index (χ3n) is 3.73. The highest BCUT2D eigenvalue weighted by molar-refractivity contribution is 7.99. The van der Waals surface area contributed by atoms with Crippen LogP contribution in [-0.2, 0) is 11.2 Å². The van der Waals surface area contributed by atoms with Crippen molar-refractivity contribution in [1.82, 2.24) is 15.5 Å². The van der Waals surface area contributed by atoms with Gasteiger partial charge in [-0.2, -0.15) is 16.7 Å². The molecule has 0 bridgehead atoms. The maximum atomic E-state index is 5.53. The van der Waals surface area contributed by atoms with Gasteiger partial charge in [-0.3, -0.25) is 0 Å². The maximum absolute atomic E-state index is 5.53. The van der Waals surface area contributed by atoms with Gasteiger partial charge in [0.15, 0.2) is 5.82 Å². The molecule has 1 aromatic rings. The minimum Gasteiger partial charge on any atom is -0.339 e. The fraction of sp³-hybridized carbons (Fsp3) is 0.846. The Kier molecular flexibility index (Phi) is 4.33. The van der Waals surface area contributed by atoms with E-state index in [1.54, 1.807) is 0 Å². The Morgan fingerprint density at radius 1 is 1.39 bits per heavy atom. The van der Waals surface area contributed by atoms with Gasteiger partial charge >= 0.3 is 0 Å². The van der Waals surface area contributed by atoms with Crippen molar-refractivity contribution in [2.75, 3.05) is 13.1 Å². The van der Waals surface area contributed by atoms with Crippen molar-refractivity contribution in [3.8, 4) is 0 Å². The normalized spacial score (nSPS) is 24.3. The molecule has 5 heteroatoms. The quantitative estimate of drug-likeness (QED) is 0.890. The number of thioether (sulfide) groups is 1. The summed E-state index contributed by atoms with van der Waals surface area (Å²) in [6.45, 7) is 10.8. The Labute approximate surface area is 113 Å². The molecule has 0 amide bonds. The van der Waals surface area contributed by atoms with E-state index >= 15 is 0 Å². The topological polar surface area (TPSA) is 51.0 Å². The number of rotatable bonds is 5. The van der Waals surface area contributed by atoms with Crippen LogP contribution in [0.1, 0.15) is 45.8 Å². The molecule has 0 saturated carbocycles. The second-order valence-corrected chi connectivity index (χ2v) is 7.18. The van der Waals surface area contributed by atoms with E-state index in [1.807, 2.05) is 11.8 Å². The third-order valence-corrected chi connectivity index (χ3v) is 4.82. The molecule has 102 valence electrons. The summed E-state index contributed by atoms with van der Waals surface area (Å²) in [5.41, 5.74) is 0.0355. The van der Waals surface area contributed by atoms with Gasteiger partial charge < -0.3 is 9.84 Å². The minimum absolute atomic E-state index is 0.0355. The van der Waals surface area contributed by atoms with Gasteiger partial charge in [-0.15, -0.1) is 0 Å². The van der Waals surface area contributed by atoms with E-state index in [0.717, 1.165) is 37.0 Å². The molecule has 1 atom stereocenters. The first kappa shape index (κ1) is 13.9. The van der Waals surface area contributed by atoms with Crippen molar-refractivity contribution in [1.29, 1.82) is 0 Å². The fourth-order valence-corrected chi connectivity index (χ4v) is 2.99. The Morgan fingerprint density at radius 2 is 2.17 bits per heavy atom. The molecule has 0 aliphatic carbocycles. The molecule has 4 nitrogen and oxygen atoms in total. The van der Waals surface area contributed by atoms with Gasteiger partial charge in [-0.1, -0.05) is 32.9 Å². The van der Waals surface area contributed by atoms with Crippen LogP contribution in [0, 0.1) is 5.92 Å². The van der Waals surface area contributed by atoms with Gasteiger partial charge in [-0.05, 0) is 24.1 Å². The van der Waals surface area contributed by atoms with Crippen LogP contribution in [-0.4, -0.2) is 28.5 Å². The summed E-state index contributed by atoms with van der Waals surface area (Å²) in [4.78, 5) is 4.62. The molecule has 1 saturated heterocycles. The molecule has 18 heavy (non-hydrogen) atoms. The molecule has 1 fully saturated rings. The van der Waals surface area contributed by atoms with Crippen LogP contribution in [0.4, 0.5) is 0 Å². The highest BCUT2D eigenvalue weighted by Gasteiger charge is 2.43. The third kappa shape index (κ3) is 2.72. The lowest BCUT2D eigenvalue weighted by molar-refractivity contribution is 0.234. The lowest BCUT2D eigenvalue weighted by atomic mass is 9.76. The Bertz CT molecular complexity index is 383. The molecule has 2 heterocycles. The average Bonchev–Trinajstić information content (AvgIpc) is 2.96. The lowest BCUT2D eigenvalue weighted by Gasteiger charge is -2.28. The molecule has 1 aromatic heterocycles. The fourth-order valence-electron chi connectivity index (χ4n) is 2.39. The molecule has 1 aliphatic heterocycles. The van der Waals surface area contributed by atoms with Gasteiger partial charge in [-0.25, -0.2) is 0 Å². The molecule has 0 aromatic carbocycles. The van der Waals surface area contributed by atoms with E-state index in [1.165, 1.54) is 0 Å². The first-order valence-corrected chi connectivity index (χ1v) is 7.75. The number of nitrogens with zero attached hydrogens (tertiary/aromatic N) is 2. The monoisotopic (exact) mass is 269 g/mol. The summed E-state index contributed by atoms with van der Waals surface area (Å²) in [6.07, 6.45) is 1.09. The summed E-state index contributed by atoms with van der Waals surface area (Å²) in [5.74, 6) is 3.00. The molecule has 0 radical (unpaired) electrons. The largest absolute Gasteiger partial charge is 0.339 e. The number of hydrogen-bond acceptors (Lipinski definition) is 5. The first-order chi connectivity index (χ1) is 8.54. The van der Waals surface area contributed by atoms with E-state index < -0.39 is 0 Å². The van der Waals surface area contributed by atoms with E-state index in [2.05, 4.69) is 43.2 Å². The zero-order chi connectivity index (χ0) is 13.2. The zero-order valence-corrected chi connectivity index (χ0v) is 12.5. The van der Waals surface area contributed by atoms with Gasteiger partial charge in [0, 0.05) is 6.54 Å². The van der Waals surface area contributed by atoms with Crippen molar-refractivity contribution >= 4 is 11.8 Å². The molecular weight excluding hydrogens is 246 g/mol. The Hall–Kier alpha value is -0.550. The summed E-state index contributed by atoms with van der Waals surface area (Å²) in [5, 5.41) is 8.14. The van der Waals surface area contributed by atoms with E-state index in [-0.39, 0.29) is 5.41 Å². The van der Waals surface area contributed by atoms with E-state index in [0.29, 0.717) is 11.2 Å². The highest BCUT2D eigenvalue weighted by Crippen LogP contribution is 2.37. The van der Waals surface area contributed by atoms with E-state index in [4.69, 9.17) is 4.52 Å². The molecular formula is C13H23N3OS. The predicted molar refractivity (Wildman–Crippen MR) is 74.7 cm³/mol. The molecule has 1 aliphatic rings. The Balaban J connectivity index is 2.12. The summed E-state index contributed by atoms with van der Waals surface area (Å²) in [6, 6.07) is 0. The highest BCUT2D eigenvalue weighted by atomic mass is 32.2. The second kappa shape index (κ2) is 5.61. The first-order valence-electron chi connectivity index (χ1n) is 6.70. The van der Waals surface area contributed by atoms with Crippen LogP contribution < -0.4 is 5.32 Å². The van der Waals surface area contributed by atoms with Crippen LogP contribution in [0.3, 0.4) is 0 Å². The van der Waals surface area contributed by atoms with Crippen LogP contribution in [0.2, 0.25) is 0 Å².